The molecular weight excluding hydrogens is 281 g/mol. The van der Waals surface area contributed by atoms with E-state index < -0.39 is 0 Å². The van der Waals surface area contributed by atoms with Crippen molar-refractivity contribution in [1.82, 2.24) is 5.32 Å². The Bertz CT molecular complexity index is 619. The van der Waals surface area contributed by atoms with Crippen molar-refractivity contribution in [2.24, 2.45) is 0 Å². The van der Waals surface area contributed by atoms with Gasteiger partial charge in [-0.1, -0.05) is 19.1 Å². The molecule has 1 aromatic carbocycles. The summed E-state index contributed by atoms with van der Waals surface area (Å²) in [6.45, 7) is 4.91. The molecule has 2 unspecified atom stereocenters. The molecule has 0 radical (unpaired) electrons. The highest BCUT2D eigenvalue weighted by Crippen LogP contribution is 2.42. The molecule has 1 heterocycles. The highest BCUT2D eigenvalue weighted by atomic mass is 32.1. The summed E-state index contributed by atoms with van der Waals surface area (Å²) < 4.78 is 13.6. The van der Waals surface area contributed by atoms with Crippen LogP contribution in [0.4, 0.5) is 4.39 Å². The summed E-state index contributed by atoms with van der Waals surface area (Å²) in [5.74, 6) is 0.388. The quantitative estimate of drug-likeness (QED) is 0.841. The van der Waals surface area contributed by atoms with Crippen LogP contribution in [0.25, 0.3) is 0 Å². The maximum absolute atomic E-state index is 13.6. The molecule has 21 heavy (non-hydrogen) atoms. The summed E-state index contributed by atoms with van der Waals surface area (Å²) in [6.07, 6.45) is 3.67. The second kappa shape index (κ2) is 6.29. The van der Waals surface area contributed by atoms with Gasteiger partial charge in [0, 0.05) is 16.8 Å². The first-order valence-corrected chi connectivity index (χ1v) is 8.64. The van der Waals surface area contributed by atoms with E-state index in [2.05, 4.69) is 23.7 Å². The number of nitrogens with one attached hydrogen (secondary N) is 1. The van der Waals surface area contributed by atoms with E-state index in [1.807, 2.05) is 30.4 Å². The second-order valence-corrected chi connectivity index (χ2v) is 6.84. The maximum Gasteiger partial charge on any atom is 0.126 e. The number of rotatable bonds is 4. The van der Waals surface area contributed by atoms with E-state index >= 15 is 0 Å². The van der Waals surface area contributed by atoms with Crippen LogP contribution in [-0.4, -0.2) is 6.54 Å². The summed E-state index contributed by atoms with van der Waals surface area (Å²) in [5, 5.41) is 5.84. The van der Waals surface area contributed by atoms with Crippen LogP contribution >= 0.6 is 11.3 Å². The monoisotopic (exact) mass is 303 g/mol. The fraction of sp³-hybridized carbons (Fsp3) is 0.444. The third-order valence-corrected chi connectivity index (χ3v) is 5.46. The Balaban J connectivity index is 1.97. The predicted molar refractivity (Wildman–Crippen MR) is 87.6 cm³/mol. The summed E-state index contributed by atoms with van der Waals surface area (Å²) in [7, 11) is 0. The van der Waals surface area contributed by atoms with Crippen LogP contribution in [-0.2, 0) is 6.42 Å². The molecule has 1 aliphatic carbocycles. The zero-order valence-corrected chi connectivity index (χ0v) is 13.5. The molecule has 0 saturated carbocycles. The fourth-order valence-corrected chi connectivity index (χ4v) is 4.44. The van der Waals surface area contributed by atoms with E-state index in [1.165, 1.54) is 35.3 Å². The van der Waals surface area contributed by atoms with E-state index in [1.54, 1.807) is 6.07 Å². The molecule has 3 heteroatoms. The van der Waals surface area contributed by atoms with Crippen LogP contribution in [0.3, 0.4) is 0 Å². The van der Waals surface area contributed by atoms with Gasteiger partial charge < -0.3 is 5.32 Å². The molecule has 1 aliphatic rings. The molecule has 3 rings (SSSR count). The minimum atomic E-state index is -0.117. The summed E-state index contributed by atoms with van der Waals surface area (Å²) in [4.78, 5) is 1.54. The van der Waals surface area contributed by atoms with Crippen molar-refractivity contribution in [2.75, 3.05) is 6.54 Å². The second-order valence-electron chi connectivity index (χ2n) is 5.84. The van der Waals surface area contributed by atoms with Gasteiger partial charge in [-0.2, -0.15) is 0 Å². The molecule has 112 valence electrons. The third kappa shape index (κ3) is 2.90. The Kier molecular flexibility index (Phi) is 4.41. The van der Waals surface area contributed by atoms with Crippen LogP contribution < -0.4 is 5.32 Å². The number of hydrogen-bond donors (Lipinski definition) is 1. The minimum Gasteiger partial charge on any atom is -0.310 e. The van der Waals surface area contributed by atoms with Crippen molar-refractivity contribution >= 4 is 11.3 Å². The van der Waals surface area contributed by atoms with Crippen molar-refractivity contribution < 1.29 is 4.39 Å². The number of aryl methyl sites for hydroxylation is 2. The lowest BCUT2D eigenvalue weighted by molar-refractivity contribution is 0.411. The number of fused-ring (bicyclic) bond motifs is 1. The number of hydrogen-bond acceptors (Lipinski definition) is 2. The van der Waals surface area contributed by atoms with Gasteiger partial charge in [0.15, 0.2) is 0 Å². The highest BCUT2D eigenvalue weighted by Gasteiger charge is 2.29. The first-order chi connectivity index (χ1) is 10.2. The lowest BCUT2D eigenvalue weighted by atomic mass is 9.79. The van der Waals surface area contributed by atoms with Crippen molar-refractivity contribution in [3.8, 4) is 0 Å². The van der Waals surface area contributed by atoms with Gasteiger partial charge in [0.05, 0.1) is 0 Å². The SMILES string of the molecule is CCNC(c1ccc(F)c(C)c1)C1CCCc2sccc21. The number of benzene rings is 1. The van der Waals surface area contributed by atoms with Crippen LogP contribution in [0.5, 0.6) is 0 Å². The zero-order chi connectivity index (χ0) is 14.8. The topological polar surface area (TPSA) is 12.0 Å². The van der Waals surface area contributed by atoms with Gasteiger partial charge in [0.2, 0.25) is 0 Å². The molecule has 0 aliphatic heterocycles. The minimum absolute atomic E-state index is 0.117. The van der Waals surface area contributed by atoms with Crippen molar-refractivity contribution in [3.63, 3.8) is 0 Å². The van der Waals surface area contributed by atoms with Crippen molar-refractivity contribution in [2.45, 2.75) is 45.1 Å². The lowest BCUT2D eigenvalue weighted by Crippen LogP contribution is -2.28. The molecule has 0 spiro atoms. The van der Waals surface area contributed by atoms with Crippen LogP contribution in [0.1, 0.15) is 53.3 Å². The van der Waals surface area contributed by atoms with Crippen LogP contribution in [0.2, 0.25) is 0 Å². The molecule has 0 saturated heterocycles. The van der Waals surface area contributed by atoms with Gasteiger partial charge in [0.1, 0.15) is 5.82 Å². The lowest BCUT2D eigenvalue weighted by Gasteiger charge is -2.32. The molecule has 0 fully saturated rings. The smallest absolute Gasteiger partial charge is 0.126 e. The molecule has 0 amide bonds. The van der Waals surface area contributed by atoms with Gasteiger partial charge in [-0.15, -0.1) is 11.3 Å². The molecular formula is C18H22FNS. The molecule has 1 nitrogen and oxygen atoms in total. The summed E-state index contributed by atoms with van der Waals surface area (Å²) in [5.41, 5.74) is 3.44. The van der Waals surface area contributed by atoms with Crippen molar-refractivity contribution in [3.05, 3.63) is 57.0 Å². The fourth-order valence-electron chi connectivity index (χ4n) is 3.44. The number of thiophene rings is 1. The van der Waals surface area contributed by atoms with E-state index in [0.29, 0.717) is 5.92 Å². The van der Waals surface area contributed by atoms with Crippen molar-refractivity contribution in [1.29, 1.82) is 0 Å². The van der Waals surface area contributed by atoms with Gasteiger partial charge in [0.25, 0.3) is 0 Å². The number of likely N-dealkylation sites (N-methyl/N-ethyl adjacent to an activating group) is 1. The molecule has 1 aromatic heterocycles. The van der Waals surface area contributed by atoms with Crippen LogP contribution in [0.15, 0.2) is 29.6 Å². The maximum atomic E-state index is 13.6. The predicted octanol–water partition coefficient (Wildman–Crippen LogP) is 4.97. The van der Waals surface area contributed by atoms with E-state index in [4.69, 9.17) is 0 Å². The average Bonchev–Trinajstić information content (AvgIpc) is 2.96. The average molecular weight is 303 g/mol. The summed E-state index contributed by atoms with van der Waals surface area (Å²) in [6, 6.07) is 8.11. The van der Waals surface area contributed by atoms with E-state index in [9.17, 15) is 4.39 Å². The molecule has 1 N–H and O–H groups in total. The van der Waals surface area contributed by atoms with Gasteiger partial charge in [-0.05, 0) is 66.9 Å². The van der Waals surface area contributed by atoms with Gasteiger partial charge >= 0.3 is 0 Å². The Morgan fingerprint density at radius 2 is 2.24 bits per heavy atom. The van der Waals surface area contributed by atoms with E-state index in [-0.39, 0.29) is 11.9 Å². The molecule has 2 atom stereocenters. The standard InChI is InChI=1S/C18H22FNS/c1-3-20-18(13-7-8-16(19)12(2)11-13)15-5-4-6-17-14(15)9-10-21-17/h7-11,15,18,20H,3-6H2,1-2H3. The Hall–Kier alpha value is -1.19. The largest absolute Gasteiger partial charge is 0.310 e. The Morgan fingerprint density at radius 3 is 3.00 bits per heavy atom. The van der Waals surface area contributed by atoms with Gasteiger partial charge in [-0.25, -0.2) is 4.39 Å². The Labute approximate surface area is 130 Å². The summed E-state index contributed by atoms with van der Waals surface area (Å²) >= 11 is 1.88. The normalized spacial score (nSPS) is 19.3. The molecule has 0 bridgehead atoms. The van der Waals surface area contributed by atoms with Gasteiger partial charge in [-0.3, -0.25) is 0 Å². The first kappa shape index (κ1) is 14.7. The molecule has 2 aromatic rings. The third-order valence-electron chi connectivity index (χ3n) is 4.47. The zero-order valence-electron chi connectivity index (χ0n) is 12.7. The number of halogens is 1. The Morgan fingerprint density at radius 1 is 1.38 bits per heavy atom. The van der Waals surface area contributed by atoms with Crippen LogP contribution in [0, 0.1) is 12.7 Å². The first-order valence-electron chi connectivity index (χ1n) is 7.76. The van der Waals surface area contributed by atoms with E-state index in [0.717, 1.165) is 12.1 Å². The highest BCUT2D eigenvalue weighted by molar-refractivity contribution is 7.10.